The van der Waals surface area contributed by atoms with Gasteiger partial charge in [0.05, 0.1) is 18.3 Å². The minimum Gasteiger partial charge on any atom is -0.550 e. The van der Waals surface area contributed by atoms with Crippen LogP contribution in [0.3, 0.4) is 0 Å². The van der Waals surface area contributed by atoms with Gasteiger partial charge in [-0.25, -0.2) is 0 Å². The first kappa shape index (κ1) is 22.9. The van der Waals surface area contributed by atoms with Gasteiger partial charge < -0.3 is 25.2 Å². The molecule has 0 spiro atoms. The number of aliphatic hydroxyl groups is 3. The molecule has 25 heavy (non-hydrogen) atoms. The van der Waals surface area contributed by atoms with Crippen molar-refractivity contribution in [1.29, 1.82) is 0 Å². The van der Waals surface area contributed by atoms with E-state index in [4.69, 9.17) is 0 Å². The van der Waals surface area contributed by atoms with Crippen LogP contribution < -0.4 is 34.7 Å². The second kappa shape index (κ2) is 10.2. The average Bonchev–Trinajstić information content (AvgIpc) is 2.45. The quantitative estimate of drug-likeness (QED) is 0.447. The number of aliphatic carboxylic acids is 1. The molecule has 0 saturated heterocycles. The molecule has 2 rings (SSSR count). The topological polar surface area (TPSA) is 101 Å². The number of carbonyl (C=O) groups is 1. The van der Waals surface area contributed by atoms with Crippen LogP contribution in [0.4, 0.5) is 0 Å². The van der Waals surface area contributed by atoms with E-state index in [2.05, 4.69) is 32.1 Å². The third-order valence-corrected chi connectivity index (χ3v) is 5.40. The van der Waals surface area contributed by atoms with E-state index in [0.29, 0.717) is 18.3 Å². The number of rotatable bonds is 7. The van der Waals surface area contributed by atoms with E-state index in [-0.39, 0.29) is 53.9 Å². The summed E-state index contributed by atoms with van der Waals surface area (Å²) in [6.45, 7) is 4.23. The maximum atomic E-state index is 10.5. The molecule has 0 bridgehead atoms. The second-order valence-corrected chi connectivity index (χ2v) is 7.55. The predicted molar refractivity (Wildman–Crippen MR) is 88.6 cm³/mol. The van der Waals surface area contributed by atoms with Crippen LogP contribution in [0.2, 0.25) is 0 Å². The van der Waals surface area contributed by atoms with E-state index in [1.807, 2.05) is 0 Å². The molecule has 0 saturated carbocycles. The number of fused-ring (bicyclic) bond motifs is 1. The van der Waals surface area contributed by atoms with Crippen LogP contribution >= 0.6 is 0 Å². The van der Waals surface area contributed by atoms with Crippen molar-refractivity contribution in [2.24, 2.45) is 23.7 Å². The molecule has 5 nitrogen and oxygen atoms in total. The summed E-state index contributed by atoms with van der Waals surface area (Å²) < 4.78 is 0. The number of carbonyl (C=O) groups excluding carboxylic acids is 1. The van der Waals surface area contributed by atoms with E-state index in [0.717, 1.165) is 12.8 Å². The van der Waals surface area contributed by atoms with Gasteiger partial charge in [-0.05, 0) is 49.0 Å². The van der Waals surface area contributed by atoms with Crippen LogP contribution in [0, 0.1) is 23.7 Å². The molecular formula is C19H29NaO5. The van der Waals surface area contributed by atoms with Gasteiger partial charge in [-0.2, -0.15) is 0 Å². The first-order valence-electron chi connectivity index (χ1n) is 8.91. The van der Waals surface area contributed by atoms with Gasteiger partial charge in [-0.15, -0.1) is 0 Å². The number of hydrogen-bond donors (Lipinski definition) is 3. The number of carboxylic acids is 1. The van der Waals surface area contributed by atoms with Crippen molar-refractivity contribution in [2.45, 2.75) is 64.3 Å². The van der Waals surface area contributed by atoms with Crippen molar-refractivity contribution < 1.29 is 54.8 Å². The third-order valence-electron chi connectivity index (χ3n) is 5.40. The molecule has 0 fully saturated rings. The molecule has 0 unspecified atom stereocenters. The summed E-state index contributed by atoms with van der Waals surface area (Å²) in [6, 6.07) is 0. The molecule has 0 aromatic heterocycles. The minimum atomic E-state index is -1.31. The Labute approximate surface area is 172 Å². The summed E-state index contributed by atoms with van der Waals surface area (Å²) in [5.74, 6) is -0.279. The Balaban J connectivity index is 0.00000312. The standard InChI is InChI=1S/C19H30O5.Na/c1-11-7-13-4-3-12(2)16(19(13)17(22)8-11)6-5-14(20)9-15(21)10-18(23)24;/h3-4,7,11-12,14-17,19-22H,5-6,8-10H2,1-2H3,(H,23,24);/q;+1/p-1/t11-,12-,14+,15+,16-,17-,19-;/m0./s1. The van der Waals surface area contributed by atoms with Crippen molar-refractivity contribution in [3.8, 4) is 0 Å². The van der Waals surface area contributed by atoms with Crippen LogP contribution in [-0.4, -0.2) is 39.6 Å². The average molecular weight is 360 g/mol. The zero-order chi connectivity index (χ0) is 17.9. The van der Waals surface area contributed by atoms with Crippen LogP contribution in [0.1, 0.15) is 46.0 Å². The molecule has 0 radical (unpaired) electrons. The summed E-state index contributed by atoms with van der Waals surface area (Å²) in [4.78, 5) is 10.5. The zero-order valence-corrected chi connectivity index (χ0v) is 17.5. The van der Waals surface area contributed by atoms with Gasteiger partial charge in [0, 0.05) is 18.3 Å². The Morgan fingerprint density at radius 1 is 1.32 bits per heavy atom. The van der Waals surface area contributed by atoms with Gasteiger partial charge in [-0.3, -0.25) is 0 Å². The van der Waals surface area contributed by atoms with Gasteiger partial charge in [0.25, 0.3) is 0 Å². The normalized spacial score (nSPS) is 33.6. The fourth-order valence-corrected chi connectivity index (χ4v) is 4.22. The van der Waals surface area contributed by atoms with E-state index in [1.54, 1.807) is 0 Å². The third kappa shape index (κ3) is 6.49. The molecule has 0 heterocycles. The summed E-state index contributed by atoms with van der Waals surface area (Å²) in [6.07, 6.45) is 5.89. The summed E-state index contributed by atoms with van der Waals surface area (Å²) in [7, 11) is 0. The maximum absolute atomic E-state index is 10.5. The Bertz CT molecular complexity index is 504. The number of allylic oxidation sites excluding steroid dienone is 3. The predicted octanol–water partition coefficient (Wildman–Crippen LogP) is -2.21. The monoisotopic (exact) mass is 360 g/mol. The first-order chi connectivity index (χ1) is 11.3. The van der Waals surface area contributed by atoms with Gasteiger partial charge in [0.2, 0.25) is 0 Å². The molecular weight excluding hydrogens is 331 g/mol. The second-order valence-electron chi connectivity index (χ2n) is 7.55. The molecule has 0 aromatic rings. The van der Waals surface area contributed by atoms with Crippen molar-refractivity contribution >= 4 is 5.97 Å². The molecule has 0 amide bonds. The smallest absolute Gasteiger partial charge is 0.550 e. The SMILES string of the molecule is C[C@H]1C=C2C=C[C@H](C)[C@H](CC[C@@H](O)C[C@@H](O)CC(=O)[O-])[C@H]2[C@@H](O)C1.[Na+]. The first-order valence-corrected chi connectivity index (χ1v) is 8.91. The summed E-state index contributed by atoms with van der Waals surface area (Å²) >= 11 is 0. The van der Waals surface area contributed by atoms with Crippen molar-refractivity contribution in [1.82, 2.24) is 0 Å². The molecule has 6 heteroatoms. The minimum absolute atomic E-state index is 0. The summed E-state index contributed by atoms with van der Waals surface area (Å²) in [5, 5.41) is 40.7. The van der Waals surface area contributed by atoms with Gasteiger partial charge >= 0.3 is 29.6 Å². The Morgan fingerprint density at radius 2 is 2.00 bits per heavy atom. The van der Waals surface area contributed by atoms with E-state index < -0.39 is 24.6 Å². The van der Waals surface area contributed by atoms with Crippen molar-refractivity contribution in [2.75, 3.05) is 0 Å². The molecule has 2 aliphatic rings. The Kier molecular flexibility index (Phi) is 9.37. The molecule has 7 atom stereocenters. The van der Waals surface area contributed by atoms with E-state index in [9.17, 15) is 25.2 Å². The van der Waals surface area contributed by atoms with Crippen LogP contribution in [0.5, 0.6) is 0 Å². The number of hydrogen-bond acceptors (Lipinski definition) is 5. The maximum Gasteiger partial charge on any atom is 1.00 e. The Morgan fingerprint density at radius 3 is 2.64 bits per heavy atom. The fourth-order valence-electron chi connectivity index (χ4n) is 4.22. The number of aliphatic hydroxyl groups excluding tert-OH is 3. The van der Waals surface area contributed by atoms with Crippen LogP contribution in [0.15, 0.2) is 23.8 Å². The van der Waals surface area contributed by atoms with E-state index in [1.165, 1.54) is 5.57 Å². The van der Waals surface area contributed by atoms with E-state index >= 15 is 0 Å². The molecule has 0 aromatic carbocycles. The van der Waals surface area contributed by atoms with Crippen molar-refractivity contribution in [3.05, 3.63) is 23.8 Å². The largest absolute Gasteiger partial charge is 1.00 e. The van der Waals surface area contributed by atoms with Crippen LogP contribution in [-0.2, 0) is 4.79 Å². The molecule has 2 aliphatic carbocycles. The molecule has 136 valence electrons. The fraction of sp³-hybridized carbons (Fsp3) is 0.737. The van der Waals surface area contributed by atoms with Gasteiger partial charge in [0.1, 0.15) is 0 Å². The Hall–Kier alpha value is -0.170. The summed E-state index contributed by atoms with van der Waals surface area (Å²) in [5.41, 5.74) is 1.19. The van der Waals surface area contributed by atoms with Crippen LogP contribution in [0.25, 0.3) is 0 Å². The van der Waals surface area contributed by atoms with Crippen molar-refractivity contribution in [3.63, 3.8) is 0 Å². The van der Waals surface area contributed by atoms with Gasteiger partial charge in [0.15, 0.2) is 0 Å². The molecule has 3 N–H and O–H groups in total. The van der Waals surface area contributed by atoms with Gasteiger partial charge in [-0.1, -0.05) is 32.1 Å². The zero-order valence-electron chi connectivity index (χ0n) is 15.5. The molecule has 0 aliphatic heterocycles. The number of carboxylic acid groups (broad SMARTS) is 1.